The average Bonchev–Trinajstić information content (AvgIpc) is 2.75. The van der Waals surface area contributed by atoms with Crippen molar-refractivity contribution >= 4 is 36.0 Å². The van der Waals surface area contributed by atoms with Crippen LogP contribution in [0, 0.1) is 0 Å². The summed E-state index contributed by atoms with van der Waals surface area (Å²) in [6.45, 7) is 11.0. The zero-order valence-corrected chi connectivity index (χ0v) is 18.7. The molecule has 2 aromatic carbocycles. The quantitative estimate of drug-likeness (QED) is 0.319. The van der Waals surface area contributed by atoms with E-state index in [1.807, 2.05) is 24.3 Å². The van der Waals surface area contributed by atoms with Crippen LogP contribution in [-0.2, 0) is 4.79 Å². The first-order valence-electron chi connectivity index (χ1n) is 10.5. The molecule has 4 nitrogen and oxygen atoms in total. The molecule has 0 aliphatic carbocycles. The number of carbonyl (C=O) groups is 1. The van der Waals surface area contributed by atoms with E-state index in [0.717, 1.165) is 24.0 Å². The molecule has 0 radical (unpaired) electrons. The fourth-order valence-electron chi connectivity index (χ4n) is 3.77. The molecule has 2 N–H and O–H groups in total. The van der Waals surface area contributed by atoms with Gasteiger partial charge in [0.15, 0.2) is 0 Å². The van der Waals surface area contributed by atoms with Gasteiger partial charge in [-0.1, -0.05) is 75.2 Å². The van der Waals surface area contributed by atoms with E-state index in [-0.39, 0.29) is 11.7 Å². The molecule has 1 unspecified atom stereocenters. The zero-order chi connectivity index (χ0) is 21.8. The molecule has 1 aliphatic heterocycles. The summed E-state index contributed by atoms with van der Waals surface area (Å²) in [7, 11) is 0. The Kier molecular flexibility index (Phi) is 6.99. The number of nitrogens with one attached hydrogen (secondary N) is 1. The van der Waals surface area contributed by atoms with Gasteiger partial charge in [-0.15, -0.1) is 0 Å². The van der Waals surface area contributed by atoms with Crippen LogP contribution in [0.1, 0.15) is 74.2 Å². The van der Waals surface area contributed by atoms with Gasteiger partial charge >= 0.3 is 5.91 Å². The van der Waals surface area contributed by atoms with Crippen molar-refractivity contribution in [3.8, 4) is 5.75 Å². The molecule has 30 heavy (non-hydrogen) atoms. The third-order valence-electron chi connectivity index (χ3n) is 5.59. The Balaban J connectivity index is 2.12. The predicted molar refractivity (Wildman–Crippen MR) is 125 cm³/mol. The summed E-state index contributed by atoms with van der Waals surface area (Å²) in [5.74, 6) is 0.451. The number of amides is 1. The Hall–Kier alpha value is -2.59. The van der Waals surface area contributed by atoms with E-state index in [1.54, 1.807) is 6.07 Å². The number of nitrogens with zero attached hydrogens (tertiary/aromatic N) is 1. The van der Waals surface area contributed by atoms with Crippen LogP contribution in [0.15, 0.2) is 36.4 Å². The maximum atomic E-state index is 12.9. The highest BCUT2D eigenvalue weighted by molar-refractivity contribution is 6.33. The lowest BCUT2D eigenvalue weighted by atomic mass is 9.92. The number of benzene rings is 2. The van der Waals surface area contributed by atoms with Gasteiger partial charge in [0.05, 0.1) is 22.7 Å². The largest absolute Gasteiger partial charge is 0.505 e. The number of unbranched alkanes of at least 4 members (excludes halogenated alkanes) is 1. The van der Waals surface area contributed by atoms with Crippen molar-refractivity contribution in [2.75, 3.05) is 11.9 Å². The van der Waals surface area contributed by atoms with Crippen molar-refractivity contribution in [2.45, 2.75) is 52.0 Å². The van der Waals surface area contributed by atoms with E-state index in [2.05, 4.69) is 44.9 Å². The van der Waals surface area contributed by atoms with E-state index in [4.69, 9.17) is 11.6 Å². The Morgan fingerprint density at radius 3 is 2.57 bits per heavy atom. The smallest absolute Gasteiger partial charge is 0.387 e. The molecule has 0 fully saturated rings. The third kappa shape index (κ3) is 4.44. The van der Waals surface area contributed by atoms with Gasteiger partial charge < -0.3 is 10.4 Å². The van der Waals surface area contributed by atoms with Gasteiger partial charge in [0.2, 0.25) is 6.04 Å². The van der Waals surface area contributed by atoms with Crippen LogP contribution in [0.4, 0.5) is 5.69 Å². The van der Waals surface area contributed by atoms with Gasteiger partial charge in [0.1, 0.15) is 12.5 Å². The minimum atomic E-state index is -0.536. The number of aromatic hydroxyl groups is 1. The van der Waals surface area contributed by atoms with Crippen LogP contribution in [0.5, 0.6) is 5.75 Å². The Morgan fingerprint density at radius 1 is 1.27 bits per heavy atom. The summed E-state index contributed by atoms with van der Waals surface area (Å²) in [6, 6.07) is 9.35. The molecule has 1 atom stereocenters. The highest BCUT2D eigenvalue weighted by atomic mass is 35.5. The minimum Gasteiger partial charge on any atom is -0.505 e. The second-order valence-corrected chi connectivity index (χ2v) is 8.47. The van der Waals surface area contributed by atoms with Gasteiger partial charge in [-0.2, -0.15) is 4.58 Å². The molecule has 0 aromatic heterocycles. The van der Waals surface area contributed by atoms with Crippen LogP contribution in [-0.4, -0.2) is 28.9 Å². The Labute approximate surface area is 183 Å². The van der Waals surface area contributed by atoms with E-state index in [9.17, 15) is 9.90 Å². The van der Waals surface area contributed by atoms with Crippen molar-refractivity contribution in [1.29, 1.82) is 0 Å². The fraction of sp³-hybridized carbons (Fsp3) is 0.360. The summed E-state index contributed by atoms with van der Waals surface area (Å²) in [6.07, 6.45) is 6.00. The maximum absolute atomic E-state index is 12.9. The van der Waals surface area contributed by atoms with Crippen molar-refractivity contribution < 1.29 is 14.5 Å². The van der Waals surface area contributed by atoms with E-state index in [0.29, 0.717) is 35.2 Å². The molecule has 1 amide bonds. The zero-order valence-electron chi connectivity index (χ0n) is 17.9. The fourth-order valence-corrected chi connectivity index (χ4v) is 4.04. The maximum Gasteiger partial charge on any atom is 0.387 e. The summed E-state index contributed by atoms with van der Waals surface area (Å²) < 4.78 is 1.48. The molecule has 3 rings (SSSR count). The number of phenolic OH excluding ortho intramolecular Hbond substituents is 1. The number of carbonyl (C=O) groups excluding carboxylic acids is 1. The summed E-state index contributed by atoms with van der Waals surface area (Å²) in [5.41, 5.74) is 4.02. The first-order chi connectivity index (χ1) is 14.3. The minimum absolute atomic E-state index is 0.0594. The first kappa shape index (κ1) is 22.1. The Bertz CT molecular complexity index is 978. The molecule has 0 saturated heterocycles. The molecule has 0 bridgehead atoms. The molecular weight excluding hydrogens is 396 g/mol. The monoisotopic (exact) mass is 425 g/mol. The van der Waals surface area contributed by atoms with Gasteiger partial charge in [-0.3, -0.25) is 0 Å². The van der Waals surface area contributed by atoms with Crippen LogP contribution in [0.25, 0.3) is 6.08 Å². The van der Waals surface area contributed by atoms with Gasteiger partial charge in [-0.25, -0.2) is 4.79 Å². The van der Waals surface area contributed by atoms with E-state index < -0.39 is 6.04 Å². The normalized spacial score (nSPS) is 13.6. The number of fused-ring (bicyclic) bond motifs is 1. The molecule has 0 spiro atoms. The number of halogens is 1. The molecule has 1 aliphatic rings. The van der Waals surface area contributed by atoms with Crippen molar-refractivity contribution in [3.63, 3.8) is 0 Å². The number of hydrogen-bond acceptors (Lipinski definition) is 3. The predicted octanol–water partition coefficient (Wildman–Crippen LogP) is 6.13. The first-order valence-corrected chi connectivity index (χ1v) is 10.9. The Morgan fingerprint density at radius 2 is 1.93 bits per heavy atom. The van der Waals surface area contributed by atoms with Crippen molar-refractivity contribution in [1.82, 2.24) is 0 Å². The summed E-state index contributed by atoms with van der Waals surface area (Å²) >= 11 is 6.56. The molecular formula is C25H30ClN2O2+. The highest BCUT2D eigenvalue weighted by Crippen LogP contribution is 2.44. The van der Waals surface area contributed by atoms with Crippen LogP contribution in [0.3, 0.4) is 0 Å². The standard InChI is InChI=1S/C25H29ClN2O2/c1-5-6-9-22(29)28(4)24(18-12-10-17(11-13-18)16(2)3)20-15-21(26)19-8-7-14-27-23(19)25(20)30/h7-8,10-13,15-16,24,27H,4-6,9,14H2,1-3H3/p+1. The number of anilines is 1. The van der Waals surface area contributed by atoms with Crippen LogP contribution in [0.2, 0.25) is 5.02 Å². The second-order valence-electron chi connectivity index (χ2n) is 8.06. The summed E-state index contributed by atoms with van der Waals surface area (Å²) in [5, 5.41) is 14.8. The van der Waals surface area contributed by atoms with Crippen LogP contribution < -0.4 is 5.32 Å². The van der Waals surface area contributed by atoms with E-state index in [1.165, 1.54) is 10.1 Å². The number of rotatable bonds is 7. The van der Waals surface area contributed by atoms with E-state index >= 15 is 0 Å². The topological polar surface area (TPSA) is 52.3 Å². The average molecular weight is 426 g/mol. The molecule has 158 valence electrons. The lowest BCUT2D eigenvalue weighted by Gasteiger charge is -2.22. The van der Waals surface area contributed by atoms with Crippen molar-refractivity contribution in [3.05, 3.63) is 63.7 Å². The number of hydrogen-bond donors (Lipinski definition) is 2. The lowest BCUT2D eigenvalue weighted by molar-refractivity contribution is -0.476. The highest BCUT2D eigenvalue weighted by Gasteiger charge is 2.34. The van der Waals surface area contributed by atoms with Gasteiger partial charge in [-0.05, 0) is 24.0 Å². The second kappa shape index (κ2) is 9.48. The molecule has 2 aromatic rings. The molecule has 1 heterocycles. The third-order valence-corrected chi connectivity index (χ3v) is 5.90. The number of phenols is 1. The molecule has 0 saturated carbocycles. The van der Waals surface area contributed by atoms with Gasteiger partial charge in [0.25, 0.3) is 0 Å². The van der Waals surface area contributed by atoms with Crippen molar-refractivity contribution in [2.24, 2.45) is 0 Å². The molecule has 5 heteroatoms. The summed E-state index contributed by atoms with van der Waals surface area (Å²) in [4.78, 5) is 12.9. The lowest BCUT2D eigenvalue weighted by Crippen LogP contribution is -2.26. The van der Waals surface area contributed by atoms with Crippen LogP contribution >= 0.6 is 11.6 Å². The van der Waals surface area contributed by atoms with Gasteiger partial charge in [0, 0.05) is 17.7 Å². The SMILES string of the molecule is C=[N+](C(=O)CCCC)C(c1ccc(C(C)C)cc1)c1cc(Cl)c2c(c1O)NCC=C2.